The Morgan fingerprint density at radius 2 is 1.87 bits per heavy atom. The molecule has 2 aliphatic heterocycles. The van der Waals surface area contributed by atoms with E-state index < -0.39 is 11.4 Å². The van der Waals surface area contributed by atoms with Gasteiger partial charge in [0.15, 0.2) is 0 Å². The van der Waals surface area contributed by atoms with E-state index >= 15 is 0 Å². The van der Waals surface area contributed by atoms with Gasteiger partial charge in [0.1, 0.15) is 11.2 Å². The highest BCUT2D eigenvalue weighted by Crippen LogP contribution is 2.34. The SMILES string of the molecule is CC(C)(C)OC(=O)NCCN1CCC2(CC1)OCC(C)(C)OO2. The van der Waals surface area contributed by atoms with Gasteiger partial charge < -0.3 is 19.7 Å². The molecule has 2 heterocycles. The molecule has 0 aromatic heterocycles. The first kappa shape index (κ1) is 18.4. The number of nitrogens with one attached hydrogen (secondary N) is 1. The third-order valence-electron chi connectivity index (χ3n) is 3.82. The summed E-state index contributed by atoms with van der Waals surface area (Å²) in [6.45, 7) is 13.0. The molecule has 134 valence electrons. The Morgan fingerprint density at radius 3 is 2.39 bits per heavy atom. The van der Waals surface area contributed by atoms with Crippen LogP contribution in [-0.4, -0.2) is 60.8 Å². The largest absolute Gasteiger partial charge is 0.444 e. The fraction of sp³-hybridized carbons (Fsp3) is 0.938. The van der Waals surface area contributed by atoms with E-state index in [2.05, 4.69) is 10.2 Å². The van der Waals surface area contributed by atoms with Crippen LogP contribution in [0.1, 0.15) is 47.5 Å². The molecule has 7 nitrogen and oxygen atoms in total. The summed E-state index contributed by atoms with van der Waals surface area (Å²) in [5, 5.41) is 2.78. The van der Waals surface area contributed by atoms with Crippen LogP contribution in [0.15, 0.2) is 0 Å². The van der Waals surface area contributed by atoms with Gasteiger partial charge in [0.05, 0.1) is 6.61 Å². The van der Waals surface area contributed by atoms with Crippen LogP contribution in [0.2, 0.25) is 0 Å². The Labute approximate surface area is 138 Å². The molecule has 0 unspecified atom stereocenters. The Bertz CT molecular complexity index is 399. The van der Waals surface area contributed by atoms with Gasteiger partial charge in [-0.05, 0) is 34.6 Å². The van der Waals surface area contributed by atoms with Gasteiger partial charge in [-0.15, -0.1) is 0 Å². The molecular weight excluding hydrogens is 300 g/mol. The number of hydrogen-bond acceptors (Lipinski definition) is 6. The van der Waals surface area contributed by atoms with Crippen molar-refractivity contribution in [2.75, 3.05) is 32.8 Å². The van der Waals surface area contributed by atoms with Crippen LogP contribution in [0, 0.1) is 0 Å². The fourth-order valence-electron chi connectivity index (χ4n) is 2.52. The van der Waals surface area contributed by atoms with Crippen molar-refractivity contribution >= 4 is 6.09 Å². The molecule has 2 fully saturated rings. The zero-order valence-electron chi connectivity index (χ0n) is 14.9. The number of piperidine rings is 1. The van der Waals surface area contributed by atoms with E-state index in [1.54, 1.807) is 0 Å². The first-order valence-electron chi connectivity index (χ1n) is 8.29. The summed E-state index contributed by atoms with van der Waals surface area (Å²) in [7, 11) is 0. The lowest BCUT2D eigenvalue weighted by Gasteiger charge is -2.45. The number of ether oxygens (including phenoxy) is 2. The number of likely N-dealkylation sites (tertiary alicyclic amines) is 1. The standard InChI is InChI=1S/C16H30N2O5/c1-14(2,3)21-13(19)17-8-11-18-9-6-16(7-10-18)20-12-15(4,5)22-23-16/h6-12H2,1-5H3,(H,17,19). The van der Waals surface area contributed by atoms with Crippen molar-refractivity contribution in [1.82, 2.24) is 10.2 Å². The van der Waals surface area contributed by atoms with Crippen molar-refractivity contribution in [3.05, 3.63) is 0 Å². The minimum Gasteiger partial charge on any atom is -0.444 e. The molecule has 2 saturated heterocycles. The van der Waals surface area contributed by atoms with Crippen molar-refractivity contribution in [3.63, 3.8) is 0 Å². The number of nitrogens with zero attached hydrogens (tertiary/aromatic N) is 1. The number of hydrogen-bond donors (Lipinski definition) is 1. The number of carbonyl (C=O) groups is 1. The Balaban J connectivity index is 1.65. The molecule has 0 bridgehead atoms. The topological polar surface area (TPSA) is 69.3 Å². The number of alkyl carbamates (subject to hydrolysis) is 1. The Hall–Kier alpha value is -0.890. The van der Waals surface area contributed by atoms with Gasteiger partial charge in [-0.2, -0.15) is 0 Å². The van der Waals surface area contributed by atoms with Crippen LogP contribution in [0.5, 0.6) is 0 Å². The van der Waals surface area contributed by atoms with Gasteiger partial charge in [0.2, 0.25) is 5.79 Å². The highest BCUT2D eigenvalue weighted by atomic mass is 17.2. The summed E-state index contributed by atoms with van der Waals surface area (Å²) in [4.78, 5) is 24.8. The van der Waals surface area contributed by atoms with Crippen LogP contribution in [0.25, 0.3) is 0 Å². The highest BCUT2D eigenvalue weighted by Gasteiger charge is 2.44. The Morgan fingerprint density at radius 1 is 1.22 bits per heavy atom. The van der Waals surface area contributed by atoms with Crippen molar-refractivity contribution < 1.29 is 24.0 Å². The van der Waals surface area contributed by atoms with Crippen molar-refractivity contribution in [2.45, 2.75) is 64.4 Å². The van der Waals surface area contributed by atoms with E-state index in [9.17, 15) is 4.79 Å². The Kier molecular flexibility index (Phi) is 5.56. The van der Waals surface area contributed by atoms with E-state index in [0.717, 1.165) is 32.5 Å². The van der Waals surface area contributed by atoms with E-state index in [-0.39, 0.29) is 11.7 Å². The average Bonchev–Trinajstić information content (AvgIpc) is 2.43. The van der Waals surface area contributed by atoms with E-state index in [1.807, 2.05) is 34.6 Å². The van der Waals surface area contributed by atoms with Crippen LogP contribution >= 0.6 is 0 Å². The predicted molar refractivity (Wildman–Crippen MR) is 84.8 cm³/mol. The molecule has 0 atom stereocenters. The normalized spacial score (nSPS) is 24.4. The molecule has 0 radical (unpaired) electrons. The first-order chi connectivity index (χ1) is 10.6. The summed E-state index contributed by atoms with van der Waals surface area (Å²) in [5.74, 6) is -0.607. The maximum atomic E-state index is 11.6. The van der Waals surface area contributed by atoms with Gasteiger partial charge in [-0.3, -0.25) is 0 Å². The molecule has 1 N–H and O–H groups in total. The molecule has 23 heavy (non-hydrogen) atoms. The summed E-state index contributed by atoms with van der Waals surface area (Å²) in [5.41, 5.74) is -0.856. The fourth-order valence-corrected chi connectivity index (χ4v) is 2.52. The number of carbonyl (C=O) groups excluding carboxylic acids is 1. The molecule has 0 saturated carbocycles. The second-order valence-corrected chi connectivity index (χ2v) is 7.90. The van der Waals surface area contributed by atoms with Gasteiger partial charge in [-0.1, -0.05) is 0 Å². The van der Waals surface area contributed by atoms with Gasteiger partial charge in [-0.25, -0.2) is 14.6 Å². The van der Waals surface area contributed by atoms with E-state index in [1.165, 1.54) is 0 Å². The zero-order chi connectivity index (χ0) is 17.1. The summed E-state index contributed by atoms with van der Waals surface area (Å²) in [6.07, 6.45) is 1.14. The molecule has 2 aliphatic rings. The van der Waals surface area contributed by atoms with Crippen molar-refractivity contribution in [3.8, 4) is 0 Å². The summed E-state index contributed by atoms with van der Waals surface area (Å²) in [6, 6.07) is 0. The number of amides is 1. The molecule has 1 spiro atoms. The third-order valence-corrected chi connectivity index (χ3v) is 3.82. The highest BCUT2D eigenvalue weighted by molar-refractivity contribution is 5.67. The van der Waals surface area contributed by atoms with Gasteiger partial charge in [0.25, 0.3) is 0 Å². The lowest BCUT2D eigenvalue weighted by molar-refractivity contribution is -0.511. The van der Waals surface area contributed by atoms with E-state index in [0.29, 0.717) is 13.2 Å². The first-order valence-corrected chi connectivity index (χ1v) is 8.29. The molecule has 0 aliphatic carbocycles. The minimum atomic E-state index is -0.607. The van der Waals surface area contributed by atoms with E-state index in [4.69, 9.17) is 19.2 Å². The second kappa shape index (κ2) is 6.93. The molecule has 1 amide bonds. The van der Waals surface area contributed by atoms with Crippen LogP contribution in [0.4, 0.5) is 4.79 Å². The second-order valence-electron chi connectivity index (χ2n) is 7.90. The van der Waals surface area contributed by atoms with Gasteiger partial charge in [0, 0.05) is 39.0 Å². The summed E-state index contributed by atoms with van der Waals surface area (Å²) < 4.78 is 11.1. The lowest BCUT2D eigenvalue weighted by Crippen LogP contribution is -2.55. The average molecular weight is 330 g/mol. The van der Waals surface area contributed by atoms with Crippen LogP contribution < -0.4 is 5.32 Å². The minimum absolute atomic E-state index is 0.374. The molecular formula is C16H30N2O5. The molecule has 2 rings (SSSR count). The quantitative estimate of drug-likeness (QED) is 0.799. The predicted octanol–water partition coefficient (Wildman–Crippen LogP) is 2.06. The zero-order valence-corrected chi connectivity index (χ0v) is 14.9. The van der Waals surface area contributed by atoms with Crippen molar-refractivity contribution in [1.29, 1.82) is 0 Å². The molecule has 0 aromatic rings. The van der Waals surface area contributed by atoms with Crippen LogP contribution in [0.3, 0.4) is 0 Å². The van der Waals surface area contributed by atoms with Crippen LogP contribution in [-0.2, 0) is 19.2 Å². The third kappa shape index (κ3) is 5.91. The number of rotatable bonds is 3. The van der Waals surface area contributed by atoms with Crippen molar-refractivity contribution in [2.24, 2.45) is 0 Å². The molecule has 0 aromatic carbocycles. The lowest BCUT2D eigenvalue weighted by atomic mass is 10.0. The smallest absolute Gasteiger partial charge is 0.407 e. The van der Waals surface area contributed by atoms with Gasteiger partial charge >= 0.3 is 6.09 Å². The maximum absolute atomic E-state index is 11.6. The molecule has 7 heteroatoms. The monoisotopic (exact) mass is 330 g/mol. The maximum Gasteiger partial charge on any atom is 0.407 e. The summed E-state index contributed by atoms with van der Waals surface area (Å²) >= 11 is 0.